The Labute approximate surface area is 147 Å². The highest BCUT2D eigenvalue weighted by Crippen LogP contribution is 2.26. The molecule has 1 aliphatic heterocycles. The predicted octanol–water partition coefficient (Wildman–Crippen LogP) is 3.24. The molecule has 24 heavy (non-hydrogen) atoms. The van der Waals surface area contributed by atoms with E-state index in [1.165, 1.54) is 16.0 Å². The van der Waals surface area contributed by atoms with E-state index in [-0.39, 0.29) is 5.91 Å². The molecule has 1 aromatic carbocycles. The molecule has 126 valence electrons. The van der Waals surface area contributed by atoms with Crippen molar-refractivity contribution in [1.82, 2.24) is 9.80 Å². The van der Waals surface area contributed by atoms with Gasteiger partial charge in [-0.3, -0.25) is 9.69 Å². The third-order valence-corrected chi connectivity index (χ3v) is 6.59. The zero-order valence-electron chi connectivity index (χ0n) is 14.2. The van der Waals surface area contributed by atoms with Crippen LogP contribution in [-0.2, 0) is 19.3 Å². The Hall–Kier alpha value is -1.65. The summed E-state index contributed by atoms with van der Waals surface area (Å²) in [6, 6.07) is 13.5. The first-order valence-electron chi connectivity index (χ1n) is 8.93. The van der Waals surface area contributed by atoms with Crippen LogP contribution in [0, 0.1) is 0 Å². The van der Waals surface area contributed by atoms with Crippen molar-refractivity contribution in [2.75, 3.05) is 26.2 Å². The van der Waals surface area contributed by atoms with Gasteiger partial charge in [-0.05, 0) is 42.5 Å². The Balaban J connectivity index is 1.35. The van der Waals surface area contributed by atoms with E-state index in [2.05, 4.69) is 42.2 Å². The second-order valence-corrected chi connectivity index (χ2v) is 7.95. The SMILES string of the molecule is CCc1ccc(C(=O)N2CCN(C3Cc4ccccc4C3)CC2)s1. The van der Waals surface area contributed by atoms with Crippen LogP contribution in [0.25, 0.3) is 0 Å². The molecular formula is C20H24N2OS. The summed E-state index contributed by atoms with van der Waals surface area (Å²) < 4.78 is 0. The fraction of sp³-hybridized carbons (Fsp3) is 0.450. The molecule has 4 rings (SSSR count). The van der Waals surface area contributed by atoms with Crippen LogP contribution >= 0.6 is 11.3 Å². The van der Waals surface area contributed by atoms with Crippen LogP contribution in [-0.4, -0.2) is 47.9 Å². The number of aryl methyl sites for hydroxylation is 1. The number of nitrogens with zero attached hydrogens (tertiary/aromatic N) is 2. The first-order chi connectivity index (χ1) is 11.7. The number of carbonyl (C=O) groups is 1. The fourth-order valence-electron chi connectivity index (χ4n) is 3.92. The molecule has 1 saturated heterocycles. The average Bonchev–Trinajstić information content (AvgIpc) is 3.28. The number of thiophene rings is 1. The summed E-state index contributed by atoms with van der Waals surface area (Å²) in [6.07, 6.45) is 3.33. The van der Waals surface area contributed by atoms with E-state index in [0.717, 1.165) is 50.3 Å². The Bertz CT molecular complexity index is 706. The molecule has 2 aliphatic rings. The molecule has 3 nitrogen and oxygen atoms in total. The molecule has 1 fully saturated rings. The number of hydrogen-bond acceptors (Lipinski definition) is 3. The van der Waals surface area contributed by atoms with Gasteiger partial charge in [0.05, 0.1) is 4.88 Å². The average molecular weight is 340 g/mol. The highest BCUT2D eigenvalue weighted by atomic mass is 32.1. The number of fused-ring (bicyclic) bond motifs is 1. The van der Waals surface area contributed by atoms with Crippen molar-refractivity contribution in [1.29, 1.82) is 0 Å². The zero-order valence-corrected chi connectivity index (χ0v) is 15.0. The van der Waals surface area contributed by atoms with Gasteiger partial charge < -0.3 is 4.90 Å². The van der Waals surface area contributed by atoms with E-state index in [9.17, 15) is 4.79 Å². The number of piperazine rings is 1. The van der Waals surface area contributed by atoms with Gasteiger partial charge in [-0.1, -0.05) is 31.2 Å². The molecule has 0 radical (unpaired) electrons. The van der Waals surface area contributed by atoms with Crippen molar-refractivity contribution in [3.05, 3.63) is 57.3 Å². The third-order valence-electron chi connectivity index (χ3n) is 5.37. The maximum absolute atomic E-state index is 12.7. The van der Waals surface area contributed by atoms with Gasteiger partial charge in [0, 0.05) is 37.1 Å². The van der Waals surface area contributed by atoms with Gasteiger partial charge in [-0.25, -0.2) is 0 Å². The third kappa shape index (κ3) is 3.01. The summed E-state index contributed by atoms with van der Waals surface area (Å²) in [7, 11) is 0. The van der Waals surface area contributed by atoms with Crippen molar-refractivity contribution in [2.45, 2.75) is 32.2 Å². The smallest absolute Gasteiger partial charge is 0.264 e. The van der Waals surface area contributed by atoms with E-state index in [0.29, 0.717) is 6.04 Å². The first kappa shape index (κ1) is 15.9. The Morgan fingerprint density at radius 2 is 1.71 bits per heavy atom. The van der Waals surface area contributed by atoms with Gasteiger partial charge in [0.1, 0.15) is 0 Å². The van der Waals surface area contributed by atoms with Crippen LogP contribution < -0.4 is 0 Å². The van der Waals surface area contributed by atoms with Crippen LogP contribution in [0.1, 0.15) is 32.6 Å². The zero-order chi connectivity index (χ0) is 16.5. The molecule has 0 spiro atoms. The molecule has 0 unspecified atom stereocenters. The van der Waals surface area contributed by atoms with Crippen LogP contribution in [0.15, 0.2) is 36.4 Å². The van der Waals surface area contributed by atoms with E-state index in [1.807, 2.05) is 11.0 Å². The largest absolute Gasteiger partial charge is 0.335 e. The second kappa shape index (κ2) is 6.69. The van der Waals surface area contributed by atoms with Gasteiger partial charge in [0.15, 0.2) is 0 Å². The number of amides is 1. The Morgan fingerprint density at radius 3 is 2.29 bits per heavy atom. The van der Waals surface area contributed by atoms with Crippen LogP contribution in [0.4, 0.5) is 0 Å². The van der Waals surface area contributed by atoms with E-state index in [1.54, 1.807) is 11.3 Å². The molecule has 1 aromatic heterocycles. The fourth-order valence-corrected chi connectivity index (χ4v) is 4.84. The van der Waals surface area contributed by atoms with Crippen molar-refractivity contribution in [3.63, 3.8) is 0 Å². The minimum atomic E-state index is 0.217. The summed E-state index contributed by atoms with van der Waals surface area (Å²) in [6.45, 7) is 5.83. The predicted molar refractivity (Wildman–Crippen MR) is 98.8 cm³/mol. The minimum absolute atomic E-state index is 0.217. The van der Waals surface area contributed by atoms with Crippen molar-refractivity contribution in [2.24, 2.45) is 0 Å². The topological polar surface area (TPSA) is 23.6 Å². The number of rotatable bonds is 3. The lowest BCUT2D eigenvalue weighted by Crippen LogP contribution is -2.52. The van der Waals surface area contributed by atoms with Crippen molar-refractivity contribution in [3.8, 4) is 0 Å². The lowest BCUT2D eigenvalue weighted by atomic mass is 10.1. The molecule has 4 heteroatoms. The van der Waals surface area contributed by atoms with Crippen LogP contribution in [0.2, 0.25) is 0 Å². The lowest BCUT2D eigenvalue weighted by molar-refractivity contribution is 0.0580. The molecule has 0 atom stereocenters. The monoisotopic (exact) mass is 340 g/mol. The molecule has 0 saturated carbocycles. The van der Waals surface area contributed by atoms with Crippen LogP contribution in [0.3, 0.4) is 0 Å². The van der Waals surface area contributed by atoms with Gasteiger partial charge in [0.2, 0.25) is 0 Å². The summed E-state index contributed by atoms with van der Waals surface area (Å²) in [5, 5.41) is 0. The van der Waals surface area contributed by atoms with E-state index < -0.39 is 0 Å². The molecule has 2 aromatic rings. The molecule has 2 heterocycles. The van der Waals surface area contributed by atoms with E-state index in [4.69, 9.17) is 0 Å². The van der Waals surface area contributed by atoms with E-state index >= 15 is 0 Å². The molecule has 0 bridgehead atoms. The summed E-state index contributed by atoms with van der Waals surface area (Å²) >= 11 is 1.65. The van der Waals surface area contributed by atoms with Gasteiger partial charge in [-0.15, -0.1) is 11.3 Å². The molecule has 0 N–H and O–H groups in total. The highest BCUT2D eigenvalue weighted by Gasteiger charge is 2.30. The van der Waals surface area contributed by atoms with Gasteiger partial charge in [-0.2, -0.15) is 0 Å². The summed E-state index contributed by atoms with van der Waals surface area (Å²) in [4.78, 5) is 19.5. The Kier molecular flexibility index (Phi) is 4.42. The van der Waals surface area contributed by atoms with Crippen LogP contribution in [0.5, 0.6) is 0 Å². The molecule has 1 amide bonds. The summed E-state index contributed by atoms with van der Waals surface area (Å²) in [5.41, 5.74) is 3.01. The lowest BCUT2D eigenvalue weighted by Gasteiger charge is -2.37. The van der Waals surface area contributed by atoms with Gasteiger partial charge >= 0.3 is 0 Å². The number of hydrogen-bond donors (Lipinski definition) is 0. The second-order valence-electron chi connectivity index (χ2n) is 6.78. The molecule has 1 aliphatic carbocycles. The maximum Gasteiger partial charge on any atom is 0.264 e. The summed E-state index contributed by atoms with van der Waals surface area (Å²) in [5.74, 6) is 0.217. The normalized spacial score (nSPS) is 18.8. The number of benzene rings is 1. The Morgan fingerprint density at radius 1 is 1.04 bits per heavy atom. The number of carbonyl (C=O) groups excluding carboxylic acids is 1. The minimum Gasteiger partial charge on any atom is -0.335 e. The van der Waals surface area contributed by atoms with Crippen molar-refractivity contribution < 1.29 is 4.79 Å². The standard InChI is InChI=1S/C20H24N2OS/c1-2-18-7-8-19(24-18)20(23)22-11-9-21(10-12-22)17-13-15-5-3-4-6-16(15)14-17/h3-8,17H,2,9-14H2,1H3. The quantitative estimate of drug-likeness (QED) is 0.856. The molecular weight excluding hydrogens is 316 g/mol. The maximum atomic E-state index is 12.7. The first-order valence-corrected chi connectivity index (χ1v) is 9.75. The van der Waals surface area contributed by atoms with Crippen molar-refractivity contribution >= 4 is 17.2 Å². The van der Waals surface area contributed by atoms with Gasteiger partial charge in [0.25, 0.3) is 5.91 Å². The highest BCUT2D eigenvalue weighted by molar-refractivity contribution is 7.14.